The van der Waals surface area contributed by atoms with Gasteiger partial charge < -0.3 is 41.7 Å². The average Bonchev–Trinajstić information content (AvgIpc) is 2.35. The molecule has 0 unspecified atom stereocenters. The third kappa shape index (κ3) is 7.25. The zero-order valence-corrected chi connectivity index (χ0v) is 15.4. The average molecular weight is 449 g/mol. The maximum absolute atomic E-state index is 12.6. The number of rotatable bonds is 6. The van der Waals surface area contributed by atoms with E-state index in [0.717, 1.165) is 30.0 Å². The molecule has 12 N–H and O–H groups in total. The second kappa shape index (κ2) is 10.2. The quantitative estimate of drug-likeness (QED) is 0.284. The lowest BCUT2D eigenvalue weighted by Gasteiger charge is -2.30. The third-order valence-corrected chi connectivity index (χ3v) is 7.93. The van der Waals surface area contributed by atoms with Gasteiger partial charge in [-0.05, 0) is 24.6 Å². The molecule has 26 heavy (non-hydrogen) atoms. The Hall–Kier alpha value is -0.500. The molecule has 0 spiro atoms. The van der Waals surface area contributed by atoms with Crippen molar-refractivity contribution < 1.29 is 58.3 Å². The van der Waals surface area contributed by atoms with Gasteiger partial charge >= 0.3 is 21.4 Å². The minimum Gasteiger partial charge on any atom is -0.412 e. The highest BCUT2D eigenvalue weighted by Gasteiger charge is 2.56. The molecule has 1 aromatic carbocycles. The summed E-state index contributed by atoms with van der Waals surface area (Å²) in [6.07, 6.45) is -5.34. The van der Waals surface area contributed by atoms with Crippen molar-refractivity contribution in [2.45, 2.75) is 22.5 Å². The van der Waals surface area contributed by atoms with Crippen molar-refractivity contribution in [2.75, 3.05) is 5.75 Å². The van der Waals surface area contributed by atoms with Gasteiger partial charge in [-0.15, -0.1) is 11.8 Å². The lowest BCUT2D eigenvalue weighted by molar-refractivity contribution is -0.137. The Kier molecular flexibility index (Phi) is 11.8. The van der Waals surface area contributed by atoms with E-state index in [1.165, 1.54) is 6.07 Å². The molecule has 156 valence electrons. The highest BCUT2D eigenvalue weighted by molar-refractivity contribution is 7.99. The molecule has 0 aliphatic heterocycles. The first kappa shape index (κ1) is 30.2. The van der Waals surface area contributed by atoms with Gasteiger partial charge in [-0.2, -0.15) is 13.2 Å². The molecular weight excluding hydrogens is 429 g/mol. The molecule has 10 nitrogen and oxygen atoms in total. The van der Waals surface area contributed by atoms with E-state index in [4.69, 9.17) is 25.3 Å². The Morgan fingerprint density at radius 2 is 1.46 bits per heavy atom. The molecule has 16 heteroatoms. The monoisotopic (exact) mass is 449 g/mol. The first-order valence-electron chi connectivity index (χ1n) is 5.89. The van der Waals surface area contributed by atoms with Crippen LogP contribution in [0.25, 0.3) is 0 Å². The highest BCUT2D eigenvalue weighted by atomic mass is 32.2. The standard InChI is InChI=1S/C10H14F3NO6P2S.3H2O/c11-10(12,13)7-2-1-3-8(6-7)23-5-4-9(14,21(15,16)17)22(18,19)20;;;/h1-3,6H,4-5,14H2,(H2,15,16,17)(H2,18,19,20);3*1H2. The fraction of sp³-hybridized carbons (Fsp3) is 0.400. The normalized spacial score (nSPS) is 12.5. The molecule has 0 saturated carbocycles. The smallest absolute Gasteiger partial charge is 0.412 e. The van der Waals surface area contributed by atoms with Crippen molar-refractivity contribution in [3.63, 3.8) is 0 Å². The molecule has 0 fully saturated rings. The van der Waals surface area contributed by atoms with Gasteiger partial charge in [-0.1, -0.05) is 6.07 Å². The van der Waals surface area contributed by atoms with E-state index in [0.29, 0.717) is 0 Å². The fourth-order valence-electron chi connectivity index (χ4n) is 1.54. The summed E-state index contributed by atoms with van der Waals surface area (Å²) in [5.74, 6) is -0.298. The molecule has 0 atom stereocenters. The third-order valence-electron chi connectivity index (χ3n) is 2.91. The molecule has 0 aromatic heterocycles. The van der Waals surface area contributed by atoms with Crippen LogP contribution in [0, 0.1) is 0 Å². The van der Waals surface area contributed by atoms with Gasteiger partial charge in [-0.25, -0.2) is 0 Å². The molecule has 0 aliphatic rings. The number of alkyl halides is 3. The molecule has 0 aliphatic carbocycles. The van der Waals surface area contributed by atoms with Gasteiger partial charge in [0.2, 0.25) is 5.02 Å². The summed E-state index contributed by atoms with van der Waals surface area (Å²) in [5.41, 5.74) is 4.29. The van der Waals surface area contributed by atoms with Crippen LogP contribution in [0.15, 0.2) is 29.2 Å². The van der Waals surface area contributed by atoms with E-state index in [-0.39, 0.29) is 27.1 Å². The summed E-state index contributed by atoms with van der Waals surface area (Å²) in [6, 6.07) is 4.14. The number of benzene rings is 1. The summed E-state index contributed by atoms with van der Waals surface area (Å²) in [5, 5.41) is -3.07. The van der Waals surface area contributed by atoms with Crippen LogP contribution in [-0.4, -0.2) is 46.8 Å². The van der Waals surface area contributed by atoms with Crippen LogP contribution >= 0.6 is 27.0 Å². The Morgan fingerprint density at radius 3 is 1.85 bits per heavy atom. The summed E-state index contributed by atoms with van der Waals surface area (Å²) in [6.45, 7) is 0. The molecule has 0 heterocycles. The van der Waals surface area contributed by atoms with E-state index >= 15 is 0 Å². The first-order valence-corrected chi connectivity index (χ1v) is 10.1. The van der Waals surface area contributed by atoms with Crippen molar-refractivity contribution in [2.24, 2.45) is 5.73 Å². The number of nitrogens with two attached hydrogens (primary N) is 1. The van der Waals surface area contributed by atoms with Crippen LogP contribution < -0.4 is 5.73 Å². The van der Waals surface area contributed by atoms with Crippen LogP contribution in [0.5, 0.6) is 0 Å². The van der Waals surface area contributed by atoms with Crippen LogP contribution in [0.3, 0.4) is 0 Å². The van der Waals surface area contributed by atoms with Gasteiger partial charge in [0.15, 0.2) is 0 Å². The predicted octanol–water partition coefficient (Wildman–Crippen LogP) is -0.319. The predicted molar refractivity (Wildman–Crippen MR) is 88.6 cm³/mol. The van der Waals surface area contributed by atoms with Crippen molar-refractivity contribution in [1.29, 1.82) is 0 Å². The van der Waals surface area contributed by atoms with Gasteiger partial charge in [0.25, 0.3) is 0 Å². The maximum Gasteiger partial charge on any atom is 0.416 e. The zero-order valence-electron chi connectivity index (χ0n) is 12.8. The van der Waals surface area contributed by atoms with Gasteiger partial charge in [0, 0.05) is 10.6 Å². The lowest BCUT2D eigenvalue weighted by Crippen LogP contribution is -2.39. The van der Waals surface area contributed by atoms with E-state index in [9.17, 15) is 22.3 Å². The summed E-state index contributed by atoms with van der Waals surface area (Å²) < 4.78 is 60.2. The van der Waals surface area contributed by atoms with Crippen molar-refractivity contribution in [3.8, 4) is 0 Å². The Bertz CT molecular complexity index is 641. The van der Waals surface area contributed by atoms with E-state index in [2.05, 4.69) is 0 Å². The maximum atomic E-state index is 12.6. The molecular formula is C10H20F3NO9P2S. The SMILES string of the molecule is NC(CCSc1cccc(C(F)(F)F)c1)(P(=O)(O)O)P(=O)(O)O.O.O.O. The van der Waals surface area contributed by atoms with Crippen molar-refractivity contribution >= 4 is 27.0 Å². The van der Waals surface area contributed by atoms with E-state index in [1.807, 2.05) is 0 Å². The number of thioether (sulfide) groups is 1. The van der Waals surface area contributed by atoms with E-state index in [1.54, 1.807) is 0 Å². The minimum atomic E-state index is -5.35. The van der Waals surface area contributed by atoms with Crippen molar-refractivity contribution in [1.82, 2.24) is 0 Å². The second-order valence-corrected chi connectivity index (χ2v) is 9.88. The van der Waals surface area contributed by atoms with E-state index < -0.39 is 38.4 Å². The van der Waals surface area contributed by atoms with Crippen LogP contribution in [-0.2, 0) is 15.3 Å². The van der Waals surface area contributed by atoms with Crippen LogP contribution in [0.4, 0.5) is 13.2 Å². The molecule has 1 aromatic rings. The van der Waals surface area contributed by atoms with Crippen molar-refractivity contribution in [3.05, 3.63) is 29.8 Å². The summed E-state index contributed by atoms with van der Waals surface area (Å²) in [7, 11) is -10.7. The van der Waals surface area contributed by atoms with Crippen LogP contribution in [0.2, 0.25) is 0 Å². The molecule has 0 bridgehead atoms. The van der Waals surface area contributed by atoms with Gasteiger partial charge in [-0.3, -0.25) is 9.13 Å². The molecule has 0 saturated heterocycles. The van der Waals surface area contributed by atoms with Gasteiger partial charge in [0.1, 0.15) is 0 Å². The van der Waals surface area contributed by atoms with Crippen LogP contribution in [0.1, 0.15) is 12.0 Å². The molecule has 1 rings (SSSR count). The first-order chi connectivity index (χ1) is 10.2. The lowest BCUT2D eigenvalue weighted by atomic mass is 10.2. The number of halogens is 3. The number of hydrogen-bond donors (Lipinski definition) is 5. The number of hydrogen-bond acceptors (Lipinski definition) is 4. The molecule has 0 amide bonds. The molecule has 0 radical (unpaired) electrons. The summed E-state index contributed by atoms with van der Waals surface area (Å²) in [4.78, 5) is 36.3. The Morgan fingerprint density at radius 1 is 1.00 bits per heavy atom. The largest absolute Gasteiger partial charge is 0.416 e. The fourth-order valence-corrected chi connectivity index (χ4v) is 5.05. The topological polar surface area (TPSA) is 236 Å². The summed E-state index contributed by atoms with van der Waals surface area (Å²) >= 11 is 0.743. The highest BCUT2D eigenvalue weighted by Crippen LogP contribution is 2.67. The minimum absolute atomic E-state index is 0. The Labute approximate surface area is 149 Å². The second-order valence-electron chi connectivity index (χ2n) is 4.59. The zero-order chi connectivity index (χ0) is 18.1. The Balaban J connectivity index is -0.00000176. The van der Waals surface area contributed by atoms with Gasteiger partial charge in [0.05, 0.1) is 5.56 Å².